The highest BCUT2D eigenvalue weighted by Crippen LogP contribution is 2.47. The summed E-state index contributed by atoms with van der Waals surface area (Å²) in [7, 11) is 3.47. The van der Waals surface area contributed by atoms with E-state index in [0.29, 0.717) is 16.8 Å². The summed E-state index contributed by atoms with van der Waals surface area (Å²) >= 11 is 1.79. The van der Waals surface area contributed by atoms with Crippen LogP contribution in [0.15, 0.2) is 0 Å². The van der Waals surface area contributed by atoms with Gasteiger partial charge in [-0.25, -0.2) is 0 Å². The molecule has 0 heterocycles. The number of likely N-dealkylation sites (N-methyl/N-ethyl adjacent to an activating group) is 1. The van der Waals surface area contributed by atoms with E-state index in [1.165, 1.54) is 89.9 Å². The molecule has 0 saturated carbocycles. The van der Waals surface area contributed by atoms with Crippen LogP contribution in [-0.2, 0) is 18.5 Å². The number of nitrogens with zero attached hydrogens (tertiary/aromatic N) is 1. The van der Waals surface area contributed by atoms with E-state index in [1.54, 1.807) is 18.9 Å². The average Bonchev–Trinajstić information content (AvgIpc) is 2.79. The smallest absolute Gasteiger partial charge is 0.377 e. The van der Waals surface area contributed by atoms with Crippen LogP contribution in [0.5, 0.6) is 0 Å². The van der Waals surface area contributed by atoms with Gasteiger partial charge in [0, 0.05) is 12.9 Å². The lowest BCUT2D eigenvalue weighted by Crippen LogP contribution is -2.38. The SMILES string of the molecule is CCCCCCCCCCCCCCCCSC[C@H](CO[P+]([O-])(O)OCC[N+](C)(C)C)OCOC. The molecule has 7 nitrogen and oxygen atoms in total. The molecule has 0 aromatic rings. The second-order valence-corrected chi connectivity index (χ2v) is 13.1. The zero-order valence-corrected chi connectivity index (χ0v) is 25.2. The van der Waals surface area contributed by atoms with Crippen LogP contribution in [0.2, 0.25) is 0 Å². The maximum absolute atomic E-state index is 12.1. The van der Waals surface area contributed by atoms with E-state index in [1.807, 2.05) is 21.1 Å². The molecule has 0 fully saturated rings. The second-order valence-electron chi connectivity index (χ2n) is 10.5. The van der Waals surface area contributed by atoms with Gasteiger partial charge < -0.3 is 18.9 Å². The van der Waals surface area contributed by atoms with Gasteiger partial charge in [0.2, 0.25) is 0 Å². The van der Waals surface area contributed by atoms with Gasteiger partial charge in [0.25, 0.3) is 0 Å². The Labute approximate surface area is 221 Å². The predicted molar refractivity (Wildman–Crippen MR) is 148 cm³/mol. The second kappa shape index (κ2) is 23.6. The third-order valence-electron chi connectivity index (χ3n) is 5.81. The first-order valence-electron chi connectivity index (χ1n) is 13.8. The van der Waals surface area contributed by atoms with E-state index >= 15 is 0 Å². The monoisotopic (exact) mass is 542 g/mol. The van der Waals surface area contributed by atoms with Gasteiger partial charge in [-0.05, 0) is 12.2 Å². The first kappa shape index (κ1) is 35.5. The van der Waals surface area contributed by atoms with Crippen LogP contribution in [0.1, 0.15) is 96.8 Å². The van der Waals surface area contributed by atoms with Crippen molar-refractivity contribution in [2.24, 2.45) is 0 Å². The maximum Gasteiger partial charge on any atom is 0.377 e. The van der Waals surface area contributed by atoms with Gasteiger partial charge in [-0.15, -0.1) is 0 Å². The molecule has 0 aromatic carbocycles. The molecule has 9 heteroatoms. The topological polar surface area (TPSA) is 80.2 Å². The summed E-state index contributed by atoms with van der Waals surface area (Å²) in [6.45, 7) is 3.19. The minimum Gasteiger partial charge on any atom is -0.606 e. The third kappa shape index (κ3) is 27.4. The fraction of sp³-hybridized carbons (Fsp3) is 1.00. The van der Waals surface area contributed by atoms with Gasteiger partial charge in [-0.1, -0.05) is 90.4 Å². The fourth-order valence-corrected chi connectivity index (χ4v) is 5.34. The Hall–Kier alpha value is 0.500. The maximum atomic E-state index is 12.1. The van der Waals surface area contributed by atoms with Crippen molar-refractivity contribution < 1.29 is 32.8 Å². The zero-order valence-electron chi connectivity index (χ0n) is 23.5. The third-order valence-corrected chi connectivity index (χ3v) is 7.98. The van der Waals surface area contributed by atoms with E-state index in [-0.39, 0.29) is 26.1 Å². The highest BCUT2D eigenvalue weighted by atomic mass is 32.2. The molecule has 2 atom stereocenters. The lowest BCUT2D eigenvalue weighted by Gasteiger charge is -2.26. The number of hydrogen-bond donors (Lipinski definition) is 1. The first-order valence-corrected chi connectivity index (χ1v) is 16.5. The highest BCUT2D eigenvalue weighted by Gasteiger charge is 2.30. The van der Waals surface area contributed by atoms with Crippen LogP contribution in [0.25, 0.3) is 0 Å². The largest absolute Gasteiger partial charge is 0.606 e. The van der Waals surface area contributed by atoms with Crippen molar-refractivity contribution in [3.05, 3.63) is 0 Å². The summed E-state index contributed by atoms with van der Waals surface area (Å²) in [4.78, 5) is 22.0. The molecule has 35 heavy (non-hydrogen) atoms. The number of thioether (sulfide) groups is 1. The molecule has 0 rings (SSSR count). The van der Waals surface area contributed by atoms with Gasteiger partial charge in [-0.2, -0.15) is 25.7 Å². The molecule has 0 bridgehead atoms. The van der Waals surface area contributed by atoms with E-state index < -0.39 is 8.17 Å². The summed E-state index contributed by atoms with van der Waals surface area (Å²) in [5.41, 5.74) is 0. The van der Waals surface area contributed by atoms with Gasteiger partial charge >= 0.3 is 8.17 Å². The van der Waals surface area contributed by atoms with Gasteiger partial charge in [-0.3, -0.25) is 0 Å². The summed E-state index contributed by atoms with van der Waals surface area (Å²) in [5, 5.41) is 0. The Balaban J connectivity index is 3.73. The minimum atomic E-state index is -4.08. The molecule has 0 amide bonds. The normalized spacial score (nSPS) is 14.8. The molecule has 0 aromatic heterocycles. The Morgan fingerprint density at radius 3 is 1.83 bits per heavy atom. The molecule has 1 N–H and O–H groups in total. The molecule has 0 saturated heterocycles. The quantitative estimate of drug-likeness (QED) is 0.0594. The predicted octanol–water partition coefficient (Wildman–Crippen LogP) is 5.96. The number of hydrogen-bond acceptors (Lipinski definition) is 7. The number of unbranched alkanes of at least 4 members (excludes halogenated alkanes) is 13. The number of methoxy groups -OCH3 is 1. The van der Waals surface area contributed by atoms with E-state index in [2.05, 4.69) is 6.92 Å². The Morgan fingerprint density at radius 1 is 0.829 bits per heavy atom. The number of phosphoric ester groups is 1. The summed E-state index contributed by atoms with van der Waals surface area (Å²) in [5.74, 6) is 1.75. The molecule has 0 radical (unpaired) electrons. The fourth-order valence-electron chi connectivity index (χ4n) is 3.57. The minimum absolute atomic E-state index is 0.00720. The standard InChI is InChI=1S/C26H56NO6PS/c1-6-7-8-9-10-11-12-13-14-15-16-17-18-19-22-35-24-26(31-25-30-5)23-33-34(28,29)32-21-20-27(2,3)4/h26H,6-25H2,1-5H3/p+1/t26-/m0/s1. The molecule has 0 aliphatic rings. The van der Waals surface area contributed by atoms with Gasteiger partial charge in [0.15, 0.2) is 0 Å². The van der Waals surface area contributed by atoms with Crippen LogP contribution >= 0.6 is 19.9 Å². The van der Waals surface area contributed by atoms with Crippen molar-refractivity contribution in [2.75, 3.05) is 66.3 Å². The van der Waals surface area contributed by atoms with Crippen molar-refractivity contribution in [1.82, 2.24) is 0 Å². The molecular formula is C26H57NO6PS+. The molecule has 1 unspecified atom stereocenters. The van der Waals surface area contributed by atoms with Crippen LogP contribution in [0.4, 0.5) is 0 Å². The lowest BCUT2D eigenvalue weighted by atomic mass is 10.0. The first-order chi connectivity index (χ1) is 16.7. The summed E-state index contributed by atoms with van der Waals surface area (Å²) in [6.07, 6.45) is 18.8. The van der Waals surface area contributed by atoms with Crippen LogP contribution in [0, 0.1) is 0 Å². The number of ether oxygens (including phenoxy) is 2. The summed E-state index contributed by atoms with van der Waals surface area (Å²) < 4.78 is 21.5. The van der Waals surface area contributed by atoms with Crippen LogP contribution in [0.3, 0.4) is 0 Å². The molecular weight excluding hydrogens is 485 g/mol. The van der Waals surface area contributed by atoms with Crippen molar-refractivity contribution in [2.45, 2.75) is 103 Å². The number of phosphoric acid groups is 1. The Morgan fingerprint density at radius 2 is 1.34 bits per heavy atom. The van der Waals surface area contributed by atoms with E-state index in [4.69, 9.17) is 18.5 Å². The number of rotatable bonds is 27. The Kier molecular flexibility index (Phi) is 23.9. The number of quaternary nitrogens is 1. The van der Waals surface area contributed by atoms with Crippen molar-refractivity contribution in [3.8, 4) is 0 Å². The average molecular weight is 543 g/mol. The molecule has 212 valence electrons. The van der Waals surface area contributed by atoms with Crippen LogP contribution < -0.4 is 4.89 Å². The molecule has 0 aliphatic heterocycles. The molecule has 0 aliphatic carbocycles. The summed E-state index contributed by atoms with van der Waals surface area (Å²) in [6, 6.07) is 0. The zero-order chi connectivity index (χ0) is 26.3. The van der Waals surface area contributed by atoms with Gasteiger partial charge in [0.1, 0.15) is 26.6 Å². The Bertz CT molecular complexity index is 454. The molecule has 0 spiro atoms. The van der Waals surface area contributed by atoms with E-state index in [0.717, 1.165) is 5.75 Å². The van der Waals surface area contributed by atoms with E-state index in [9.17, 15) is 9.79 Å². The van der Waals surface area contributed by atoms with Crippen molar-refractivity contribution >= 4 is 19.9 Å². The highest BCUT2D eigenvalue weighted by molar-refractivity contribution is 7.99. The lowest BCUT2D eigenvalue weighted by molar-refractivity contribution is -0.870. The van der Waals surface area contributed by atoms with Crippen molar-refractivity contribution in [1.29, 1.82) is 0 Å². The van der Waals surface area contributed by atoms with Gasteiger partial charge in [0.05, 0.1) is 27.2 Å². The van der Waals surface area contributed by atoms with Crippen LogP contribution in [-0.4, -0.2) is 81.8 Å². The van der Waals surface area contributed by atoms with Crippen molar-refractivity contribution in [3.63, 3.8) is 0 Å².